The van der Waals surface area contributed by atoms with Crippen LogP contribution in [0.2, 0.25) is 0 Å². The highest BCUT2D eigenvalue weighted by Crippen LogP contribution is 2.29. The largest absolute Gasteiger partial charge is 0.493 e. The minimum absolute atomic E-state index is 0.0605. The average Bonchev–Trinajstić information content (AvgIpc) is 3.03. The van der Waals surface area contributed by atoms with Gasteiger partial charge in [-0.05, 0) is 114 Å². The number of anilines is 1. The normalized spacial score (nSPS) is 17.0. The topological polar surface area (TPSA) is 82.6 Å². The molecule has 2 aliphatic rings. The van der Waals surface area contributed by atoms with E-state index in [0.717, 1.165) is 92.1 Å². The molecule has 0 unspecified atom stereocenters. The fourth-order valence-corrected chi connectivity index (χ4v) is 5.91. The third-order valence-corrected chi connectivity index (χ3v) is 8.52. The maximum absolute atomic E-state index is 12.3. The zero-order valence-electron chi connectivity index (χ0n) is 24.6. The van der Waals surface area contributed by atoms with Gasteiger partial charge in [0.2, 0.25) is 5.91 Å². The van der Waals surface area contributed by atoms with Gasteiger partial charge >= 0.3 is 0 Å². The lowest BCUT2D eigenvalue weighted by Crippen LogP contribution is -2.38. The summed E-state index contributed by atoms with van der Waals surface area (Å²) in [6.07, 6.45) is 11.5. The molecule has 2 aliphatic heterocycles. The van der Waals surface area contributed by atoms with E-state index >= 15 is 0 Å². The van der Waals surface area contributed by atoms with Crippen molar-refractivity contribution in [3.8, 4) is 17.0 Å². The van der Waals surface area contributed by atoms with Gasteiger partial charge in [0.15, 0.2) is 0 Å². The Balaban J connectivity index is 1.10. The predicted molar refractivity (Wildman–Crippen MR) is 166 cm³/mol. The van der Waals surface area contributed by atoms with Crippen LogP contribution < -0.4 is 15.4 Å². The van der Waals surface area contributed by atoms with Crippen LogP contribution in [0.4, 0.5) is 5.69 Å². The van der Waals surface area contributed by atoms with Crippen molar-refractivity contribution in [2.45, 2.75) is 51.9 Å². The van der Waals surface area contributed by atoms with E-state index in [9.17, 15) is 4.79 Å². The first-order chi connectivity index (χ1) is 20.2. The van der Waals surface area contributed by atoms with Crippen molar-refractivity contribution in [2.75, 3.05) is 64.3 Å². The third-order valence-electron chi connectivity index (χ3n) is 8.52. The van der Waals surface area contributed by atoms with Crippen LogP contribution in [0.3, 0.4) is 0 Å². The molecule has 2 saturated heterocycles. The number of rotatable bonds is 13. The molecule has 0 spiro atoms. The van der Waals surface area contributed by atoms with Crippen LogP contribution >= 0.6 is 0 Å². The molecule has 1 aromatic carbocycles. The summed E-state index contributed by atoms with van der Waals surface area (Å²) in [6.45, 7) is 11.3. The predicted octanol–water partition coefficient (Wildman–Crippen LogP) is 5.20. The molecule has 41 heavy (non-hydrogen) atoms. The Hall–Kier alpha value is -3.23. The molecule has 8 nitrogen and oxygen atoms in total. The zero-order chi connectivity index (χ0) is 28.3. The molecule has 2 aromatic heterocycles. The molecular weight excluding hydrogens is 512 g/mol. The zero-order valence-corrected chi connectivity index (χ0v) is 24.6. The van der Waals surface area contributed by atoms with Crippen LogP contribution in [0.15, 0.2) is 48.8 Å². The lowest BCUT2D eigenvalue weighted by atomic mass is 9.97. The number of likely N-dealkylation sites (tertiary alicyclic amines) is 2. The van der Waals surface area contributed by atoms with Gasteiger partial charge in [-0.3, -0.25) is 9.78 Å². The summed E-state index contributed by atoms with van der Waals surface area (Å²) >= 11 is 0. The lowest BCUT2D eigenvalue weighted by molar-refractivity contribution is -0.121. The number of hydrogen-bond acceptors (Lipinski definition) is 7. The summed E-state index contributed by atoms with van der Waals surface area (Å²) in [5.41, 5.74) is 3.94. The second-order valence-corrected chi connectivity index (χ2v) is 11.4. The number of benzene rings is 1. The summed E-state index contributed by atoms with van der Waals surface area (Å²) in [5.74, 6) is 1.41. The summed E-state index contributed by atoms with van der Waals surface area (Å²) in [5, 5.41) is 7.79. The van der Waals surface area contributed by atoms with E-state index in [1.54, 1.807) is 6.20 Å². The van der Waals surface area contributed by atoms with Crippen molar-refractivity contribution in [3.63, 3.8) is 0 Å². The molecule has 5 rings (SSSR count). The molecule has 2 fully saturated rings. The number of ether oxygens (including phenoxy) is 1. The Bertz CT molecular complexity index is 1240. The molecule has 0 aliphatic carbocycles. The van der Waals surface area contributed by atoms with Crippen molar-refractivity contribution in [1.29, 1.82) is 0 Å². The van der Waals surface area contributed by atoms with Gasteiger partial charge in [-0.2, -0.15) is 0 Å². The molecular formula is C33H46N6O2. The second-order valence-electron chi connectivity index (χ2n) is 11.4. The van der Waals surface area contributed by atoms with Crippen molar-refractivity contribution < 1.29 is 9.53 Å². The second kappa shape index (κ2) is 15.1. The van der Waals surface area contributed by atoms with Gasteiger partial charge in [0, 0.05) is 42.1 Å². The quantitative estimate of drug-likeness (QED) is 0.279. The number of nitrogens with zero attached hydrogens (tertiary/aromatic N) is 4. The first kappa shape index (κ1) is 29.3. The van der Waals surface area contributed by atoms with Gasteiger partial charge in [0.25, 0.3) is 0 Å². The number of piperidine rings is 2. The van der Waals surface area contributed by atoms with E-state index in [-0.39, 0.29) is 5.91 Å². The molecule has 220 valence electrons. The van der Waals surface area contributed by atoms with E-state index < -0.39 is 0 Å². The van der Waals surface area contributed by atoms with Gasteiger partial charge in [0.05, 0.1) is 24.2 Å². The van der Waals surface area contributed by atoms with Crippen LogP contribution in [0.1, 0.15) is 51.9 Å². The van der Waals surface area contributed by atoms with Crippen LogP contribution in [-0.4, -0.2) is 84.6 Å². The van der Waals surface area contributed by atoms with Crippen molar-refractivity contribution in [2.24, 2.45) is 5.92 Å². The summed E-state index contributed by atoms with van der Waals surface area (Å²) in [7, 11) is 0. The van der Waals surface area contributed by atoms with Crippen LogP contribution in [-0.2, 0) is 4.79 Å². The maximum Gasteiger partial charge on any atom is 0.223 e. The minimum atomic E-state index is 0.0605. The van der Waals surface area contributed by atoms with Crippen molar-refractivity contribution >= 4 is 22.5 Å². The minimum Gasteiger partial charge on any atom is -0.493 e. The molecule has 4 heterocycles. The highest BCUT2D eigenvalue weighted by atomic mass is 16.5. The Morgan fingerprint density at radius 1 is 1.02 bits per heavy atom. The number of amides is 1. The molecule has 1 amide bonds. The van der Waals surface area contributed by atoms with Gasteiger partial charge in [-0.15, -0.1) is 0 Å². The maximum atomic E-state index is 12.3. The Morgan fingerprint density at radius 2 is 1.83 bits per heavy atom. The lowest BCUT2D eigenvalue weighted by Gasteiger charge is -2.31. The average molecular weight is 559 g/mol. The van der Waals surface area contributed by atoms with Crippen LogP contribution in [0.25, 0.3) is 22.2 Å². The Labute approximate surface area is 244 Å². The number of nitrogens with one attached hydrogen (secondary N) is 2. The summed E-state index contributed by atoms with van der Waals surface area (Å²) in [4.78, 5) is 26.6. The fourth-order valence-electron chi connectivity index (χ4n) is 5.91. The van der Waals surface area contributed by atoms with Crippen LogP contribution in [0, 0.1) is 5.92 Å². The SMILES string of the molecule is CCN1CCC(CNC(=O)CCOc2ccc(-c3cc(NCCCN4CCCCC4)c4cnccc4n3)cc2)CC1. The molecule has 3 aromatic rings. The van der Waals surface area contributed by atoms with Gasteiger partial charge in [0.1, 0.15) is 5.75 Å². The Morgan fingerprint density at radius 3 is 2.61 bits per heavy atom. The van der Waals surface area contributed by atoms with Gasteiger partial charge < -0.3 is 25.2 Å². The summed E-state index contributed by atoms with van der Waals surface area (Å²) in [6, 6.07) is 12.1. The first-order valence-electron chi connectivity index (χ1n) is 15.6. The van der Waals surface area contributed by atoms with Crippen LogP contribution in [0.5, 0.6) is 5.75 Å². The molecule has 0 saturated carbocycles. The van der Waals surface area contributed by atoms with Gasteiger partial charge in [-0.1, -0.05) is 13.3 Å². The Kier molecular flexibility index (Phi) is 10.8. The first-order valence-corrected chi connectivity index (χ1v) is 15.6. The fraction of sp³-hybridized carbons (Fsp3) is 0.545. The van der Waals surface area contributed by atoms with E-state index in [2.05, 4.69) is 38.4 Å². The molecule has 0 radical (unpaired) electrons. The van der Waals surface area contributed by atoms with Gasteiger partial charge in [-0.25, -0.2) is 4.98 Å². The van der Waals surface area contributed by atoms with Crippen molar-refractivity contribution in [3.05, 3.63) is 48.8 Å². The highest BCUT2D eigenvalue weighted by Gasteiger charge is 2.18. The van der Waals surface area contributed by atoms with E-state index in [4.69, 9.17) is 9.72 Å². The molecule has 8 heteroatoms. The monoisotopic (exact) mass is 558 g/mol. The number of carbonyl (C=O) groups is 1. The molecule has 0 atom stereocenters. The molecule has 2 N–H and O–H groups in total. The number of fused-ring (bicyclic) bond motifs is 1. The number of pyridine rings is 2. The third kappa shape index (κ3) is 8.63. The smallest absolute Gasteiger partial charge is 0.223 e. The highest BCUT2D eigenvalue weighted by molar-refractivity contribution is 5.93. The summed E-state index contributed by atoms with van der Waals surface area (Å²) < 4.78 is 5.88. The van der Waals surface area contributed by atoms with E-state index in [1.807, 2.05) is 36.5 Å². The number of carbonyl (C=O) groups excluding carboxylic acids is 1. The standard InChI is InChI=1S/C33H46N6O2/c1-2-38-20-12-26(13-21-38)24-36-33(40)14-22-41-28-9-7-27(8-10-28)31-23-32(29-25-34-16-11-30(29)37-31)35-15-6-19-39-17-4-3-5-18-39/h7-11,16,23,25-26H,2-6,12-15,17-22,24H2,1H3,(H,35,37)(H,36,40). The molecule has 0 bridgehead atoms. The number of hydrogen-bond donors (Lipinski definition) is 2. The number of aromatic nitrogens is 2. The van der Waals surface area contributed by atoms with E-state index in [0.29, 0.717) is 18.9 Å². The van der Waals surface area contributed by atoms with Crippen molar-refractivity contribution in [1.82, 2.24) is 25.1 Å². The van der Waals surface area contributed by atoms with E-state index in [1.165, 1.54) is 32.4 Å².